The SMILES string of the molecule is [CH]1[CH][CH][C](C[C]2[C]3C=CC=C[C]3[C]3C=CC=C[C]32)[CH]1.[Cl][Zr+2][Cl]. The van der Waals surface area contributed by atoms with E-state index in [1.807, 2.05) is 0 Å². The van der Waals surface area contributed by atoms with Crippen LogP contribution in [0.1, 0.15) is 6.42 Å². The van der Waals surface area contributed by atoms with Crippen LogP contribution >= 0.6 is 17.0 Å². The van der Waals surface area contributed by atoms with Crippen molar-refractivity contribution in [1.29, 1.82) is 0 Å². The predicted octanol–water partition coefficient (Wildman–Crippen LogP) is 5.30. The third-order valence-corrected chi connectivity index (χ3v) is 3.91. The van der Waals surface area contributed by atoms with Gasteiger partial charge in [-0.05, 0) is 38.0 Å². The van der Waals surface area contributed by atoms with Crippen LogP contribution in [0.5, 0.6) is 0 Å². The van der Waals surface area contributed by atoms with E-state index >= 15 is 0 Å². The standard InChI is InChI=1S/C19H14.2ClH.Zr/c1-2-8-14(7-1)13-19-17-11-5-3-9-15(17)16-10-4-6-12-18(16)19;;;/h1-12H,13H2;2*1H;/q;;;+4/p-2. The summed E-state index contributed by atoms with van der Waals surface area (Å²) < 4.78 is 0. The molecule has 0 saturated heterocycles. The minimum absolute atomic E-state index is 0.826. The van der Waals surface area contributed by atoms with Crippen molar-refractivity contribution in [3.63, 3.8) is 0 Å². The maximum atomic E-state index is 4.93. The van der Waals surface area contributed by atoms with Gasteiger partial charge < -0.3 is 0 Å². The molecule has 0 aromatic carbocycles. The third kappa shape index (κ3) is 3.73. The van der Waals surface area contributed by atoms with Gasteiger partial charge in [0, 0.05) is 29.6 Å². The van der Waals surface area contributed by atoms with Crippen LogP contribution in [-0.4, -0.2) is 0 Å². The molecule has 4 rings (SSSR count). The van der Waals surface area contributed by atoms with Gasteiger partial charge in [0.25, 0.3) is 0 Å². The van der Waals surface area contributed by atoms with Crippen molar-refractivity contribution in [2.75, 3.05) is 0 Å². The van der Waals surface area contributed by atoms with E-state index < -0.39 is 20.8 Å². The maximum absolute atomic E-state index is 4.93. The number of rotatable bonds is 2. The molecule has 10 radical (unpaired) electrons. The van der Waals surface area contributed by atoms with Crippen molar-refractivity contribution in [3.05, 3.63) is 110 Å². The first kappa shape index (κ1) is 17.3. The normalized spacial score (nSPS) is 25.9. The van der Waals surface area contributed by atoms with Gasteiger partial charge in [0.15, 0.2) is 0 Å². The van der Waals surface area contributed by atoms with Gasteiger partial charge >= 0.3 is 37.9 Å². The first-order valence-electron chi connectivity index (χ1n) is 7.07. The monoisotopic (exact) mass is 402 g/mol. The Morgan fingerprint density at radius 2 is 1.09 bits per heavy atom. The Labute approximate surface area is 153 Å². The van der Waals surface area contributed by atoms with Crippen LogP contribution in [0, 0.1) is 61.2 Å². The van der Waals surface area contributed by atoms with E-state index in [1.54, 1.807) is 0 Å². The Balaban J connectivity index is 0.000000446. The number of fused-ring (bicyclic) bond motifs is 3. The zero-order valence-electron chi connectivity index (χ0n) is 11.9. The zero-order chi connectivity index (χ0) is 15.4. The van der Waals surface area contributed by atoms with Crippen LogP contribution in [0.2, 0.25) is 0 Å². The molecule has 0 unspecified atom stereocenters. The second kappa shape index (κ2) is 8.50. The van der Waals surface area contributed by atoms with E-state index in [0.29, 0.717) is 0 Å². The minimum atomic E-state index is -0.826. The number of allylic oxidation sites excluding steroid dienone is 8. The van der Waals surface area contributed by atoms with Crippen LogP contribution in [0.25, 0.3) is 0 Å². The molecule has 0 amide bonds. The van der Waals surface area contributed by atoms with Crippen molar-refractivity contribution in [2.45, 2.75) is 6.42 Å². The van der Waals surface area contributed by atoms with Crippen LogP contribution in [-0.2, 0) is 20.8 Å². The third-order valence-electron chi connectivity index (χ3n) is 3.91. The molecule has 2 fully saturated rings. The number of hydrogen-bond donors (Lipinski definition) is 0. The van der Waals surface area contributed by atoms with E-state index in [0.717, 1.165) is 6.42 Å². The summed E-state index contributed by atoms with van der Waals surface area (Å²) in [7, 11) is 9.87. The quantitative estimate of drug-likeness (QED) is 0.586. The molecular formula is C19H14Cl2Zr+2. The van der Waals surface area contributed by atoms with Gasteiger partial charge in [-0.25, -0.2) is 0 Å². The number of halogens is 2. The Kier molecular flexibility index (Phi) is 6.67. The summed E-state index contributed by atoms with van der Waals surface area (Å²) in [5, 5.41) is 0. The van der Waals surface area contributed by atoms with Gasteiger partial charge in [-0.2, -0.15) is 0 Å². The fourth-order valence-electron chi connectivity index (χ4n) is 3.03. The molecule has 4 aliphatic rings. The molecule has 22 heavy (non-hydrogen) atoms. The molecule has 0 N–H and O–H groups in total. The molecule has 0 bridgehead atoms. The summed E-state index contributed by atoms with van der Waals surface area (Å²) in [6, 6.07) is 0. The summed E-state index contributed by atoms with van der Waals surface area (Å²) in [6.45, 7) is 0. The van der Waals surface area contributed by atoms with Gasteiger partial charge in [-0.15, -0.1) is 0 Å². The molecule has 0 aromatic heterocycles. The molecular weight excluding hydrogens is 390 g/mol. The summed E-state index contributed by atoms with van der Waals surface area (Å²) in [4.78, 5) is 0. The van der Waals surface area contributed by atoms with Gasteiger partial charge in [0.05, 0.1) is 0 Å². The summed E-state index contributed by atoms with van der Waals surface area (Å²) in [5.74, 6) is 8.38. The Bertz CT molecular complexity index is 440. The molecule has 0 nitrogen and oxygen atoms in total. The Morgan fingerprint density at radius 1 is 0.682 bits per heavy atom. The molecule has 0 aromatic rings. The average molecular weight is 404 g/mol. The first-order chi connectivity index (χ1) is 10.8. The number of hydrogen-bond acceptors (Lipinski definition) is 0. The van der Waals surface area contributed by atoms with Crippen molar-refractivity contribution < 1.29 is 20.8 Å². The van der Waals surface area contributed by atoms with Gasteiger partial charge in [0.2, 0.25) is 0 Å². The summed E-state index contributed by atoms with van der Waals surface area (Å²) in [6.07, 6.45) is 27.1. The summed E-state index contributed by atoms with van der Waals surface area (Å²) in [5.41, 5.74) is 0. The van der Waals surface area contributed by atoms with Gasteiger partial charge in [0.1, 0.15) is 0 Å². The second-order valence-corrected chi connectivity index (χ2v) is 8.84. The molecule has 0 atom stereocenters. The van der Waals surface area contributed by atoms with E-state index in [9.17, 15) is 0 Å². The Morgan fingerprint density at radius 3 is 1.55 bits per heavy atom. The van der Waals surface area contributed by atoms with E-state index in [1.165, 1.54) is 35.5 Å². The fraction of sp³-hybridized carbons (Fsp3) is 0.0526. The Hall–Kier alpha value is 0.423. The van der Waals surface area contributed by atoms with Crippen molar-refractivity contribution >= 4 is 17.0 Å². The van der Waals surface area contributed by atoms with E-state index in [2.05, 4.69) is 74.3 Å². The molecule has 0 spiro atoms. The van der Waals surface area contributed by atoms with Gasteiger partial charge in [-0.3, -0.25) is 0 Å². The topological polar surface area (TPSA) is 0 Å². The molecule has 0 aliphatic heterocycles. The zero-order valence-corrected chi connectivity index (χ0v) is 15.9. The van der Waals surface area contributed by atoms with Gasteiger partial charge in [-0.1, -0.05) is 48.6 Å². The van der Waals surface area contributed by atoms with Crippen molar-refractivity contribution in [2.24, 2.45) is 0 Å². The first-order valence-corrected chi connectivity index (χ1v) is 13.4. The van der Waals surface area contributed by atoms with Crippen molar-refractivity contribution in [1.82, 2.24) is 0 Å². The predicted molar refractivity (Wildman–Crippen MR) is 89.5 cm³/mol. The summed E-state index contributed by atoms with van der Waals surface area (Å²) >= 11 is -0.826. The van der Waals surface area contributed by atoms with Crippen molar-refractivity contribution in [3.8, 4) is 0 Å². The van der Waals surface area contributed by atoms with Crippen LogP contribution in [0.15, 0.2) is 48.6 Å². The van der Waals surface area contributed by atoms with E-state index in [-0.39, 0.29) is 0 Å². The average Bonchev–Trinajstić information content (AvgIpc) is 3.16. The molecule has 0 heterocycles. The van der Waals surface area contributed by atoms with E-state index in [4.69, 9.17) is 17.0 Å². The molecule has 4 aliphatic carbocycles. The second-order valence-electron chi connectivity index (χ2n) is 5.11. The fourth-order valence-corrected chi connectivity index (χ4v) is 3.03. The molecule has 3 heteroatoms. The molecule has 106 valence electrons. The van der Waals surface area contributed by atoms with Crippen LogP contribution in [0.3, 0.4) is 0 Å². The van der Waals surface area contributed by atoms with Crippen LogP contribution < -0.4 is 0 Å². The van der Waals surface area contributed by atoms with Crippen LogP contribution in [0.4, 0.5) is 0 Å². The molecule has 2 saturated carbocycles.